The van der Waals surface area contributed by atoms with E-state index in [-0.39, 0.29) is 17.9 Å². The number of likely N-dealkylation sites (tertiary alicyclic amines) is 1. The van der Waals surface area contributed by atoms with Gasteiger partial charge in [0.1, 0.15) is 11.9 Å². The lowest BCUT2D eigenvalue weighted by atomic mass is 10.00. The van der Waals surface area contributed by atoms with E-state index in [9.17, 15) is 14.7 Å². The number of rotatable bonds is 6. The highest BCUT2D eigenvalue weighted by molar-refractivity contribution is 6.00. The molecule has 0 saturated carbocycles. The van der Waals surface area contributed by atoms with E-state index in [2.05, 4.69) is 34.1 Å². The number of benzene rings is 2. The van der Waals surface area contributed by atoms with Crippen molar-refractivity contribution >= 4 is 17.5 Å². The number of ether oxygens (including phenoxy) is 1. The third kappa shape index (κ3) is 5.91. The second-order valence-corrected chi connectivity index (χ2v) is 10.6. The third-order valence-electron chi connectivity index (χ3n) is 7.90. The molecule has 0 radical (unpaired) electrons. The van der Waals surface area contributed by atoms with Crippen LogP contribution in [0.25, 0.3) is 0 Å². The molecular weight excluding hydrogens is 468 g/mol. The molecule has 37 heavy (non-hydrogen) atoms. The van der Waals surface area contributed by atoms with Crippen molar-refractivity contribution in [1.82, 2.24) is 14.7 Å². The fraction of sp³-hybridized carbons (Fsp3) is 0.517. The van der Waals surface area contributed by atoms with Crippen LogP contribution in [-0.2, 0) is 17.8 Å². The summed E-state index contributed by atoms with van der Waals surface area (Å²) in [6.07, 6.45) is 2.06. The summed E-state index contributed by atoms with van der Waals surface area (Å²) < 4.78 is 6.24. The van der Waals surface area contributed by atoms with Gasteiger partial charge in [-0.25, -0.2) is 0 Å². The number of amides is 2. The summed E-state index contributed by atoms with van der Waals surface area (Å²) in [5.74, 6) is 0.807. The number of aliphatic hydroxyl groups excluding tert-OH is 1. The summed E-state index contributed by atoms with van der Waals surface area (Å²) in [4.78, 5) is 33.1. The van der Waals surface area contributed by atoms with E-state index >= 15 is 0 Å². The van der Waals surface area contributed by atoms with Gasteiger partial charge in [-0.2, -0.15) is 0 Å². The number of carbonyl (C=O) groups is 2. The van der Waals surface area contributed by atoms with E-state index in [1.54, 1.807) is 11.8 Å². The summed E-state index contributed by atoms with van der Waals surface area (Å²) in [5.41, 5.74) is 4.20. The molecule has 8 heteroatoms. The summed E-state index contributed by atoms with van der Waals surface area (Å²) in [5, 5.41) is 10.9. The minimum atomic E-state index is -0.607. The first-order chi connectivity index (χ1) is 17.9. The van der Waals surface area contributed by atoms with Gasteiger partial charge in [0.15, 0.2) is 0 Å². The van der Waals surface area contributed by atoms with Crippen LogP contribution in [0.15, 0.2) is 42.5 Å². The summed E-state index contributed by atoms with van der Waals surface area (Å²) >= 11 is 0. The average Bonchev–Trinajstić information content (AvgIpc) is 3.01. The van der Waals surface area contributed by atoms with Crippen LogP contribution >= 0.6 is 0 Å². The Labute approximate surface area is 219 Å². The Kier molecular flexibility index (Phi) is 7.67. The SMILES string of the molecule is CC(=O)N1CCC(Oc2ccc3c(c2)N(C)CCN(CC(O)CN2CCc4ccccc4C2)C3=O)CC1. The number of piperidine rings is 1. The normalized spacial score (nSPS) is 19.8. The van der Waals surface area contributed by atoms with Gasteiger partial charge in [0.05, 0.1) is 17.4 Å². The molecule has 1 saturated heterocycles. The third-order valence-corrected chi connectivity index (χ3v) is 7.90. The standard InChI is InChI=1S/C29H38N4O4/c1-21(34)32-13-10-25(11-14-32)37-26-7-8-27-28(17-26)30(2)15-16-33(29(27)36)20-24(35)19-31-12-9-22-5-3-4-6-23(22)18-31/h3-8,17,24-25,35H,9-16,18-20H2,1-2H3. The van der Waals surface area contributed by atoms with E-state index in [1.807, 2.05) is 30.1 Å². The van der Waals surface area contributed by atoms with Gasteiger partial charge >= 0.3 is 0 Å². The number of likely N-dealkylation sites (N-methyl/N-ethyl adjacent to an activating group) is 1. The highest BCUT2D eigenvalue weighted by atomic mass is 16.5. The number of hydrogen-bond acceptors (Lipinski definition) is 6. The van der Waals surface area contributed by atoms with E-state index in [0.29, 0.717) is 44.8 Å². The first kappa shape index (κ1) is 25.5. The molecule has 1 atom stereocenters. The number of nitrogens with zero attached hydrogens (tertiary/aromatic N) is 4. The quantitative estimate of drug-likeness (QED) is 0.649. The van der Waals surface area contributed by atoms with Crippen molar-refractivity contribution in [3.05, 3.63) is 59.2 Å². The fourth-order valence-corrected chi connectivity index (χ4v) is 5.72. The van der Waals surface area contributed by atoms with Crippen LogP contribution in [0.5, 0.6) is 5.75 Å². The first-order valence-corrected chi connectivity index (χ1v) is 13.4. The zero-order chi connectivity index (χ0) is 25.9. The van der Waals surface area contributed by atoms with Crippen LogP contribution in [0.3, 0.4) is 0 Å². The fourth-order valence-electron chi connectivity index (χ4n) is 5.72. The molecule has 2 amide bonds. The van der Waals surface area contributed by atoms with E-state index in [4.69, 9.17) is 4.74 Å². The van der Waals surface area contributed by atoms with Crippen molar-refractivity contribution in [1.29, 1.82) is 0 Å². The van der Waals surface area contributed by atoms with E-state index in [0.717, 1.165) is 43.8 Å². The van der Waals surface area contributed by atoms with Gasteiger partial charge in [-0.1, -0.05) is 24.3 Å². The monoisotopic (exact) mass is 506 g/mol. The zero-order valence-electron chi connectivity index (χ0n) is 21.9. The second kappa shape index (κ2) is 11.1. The number of fused-ring (bicyclic) bond motifs is 2. The van der Waals surface area contributed by atoms with Gasteiger partial charge in [0.25, 0.3) is 5.91 Å². The van der Waals surface area contributed by atoms with E-state index in [1.165, 1.54) is 11.1 Å². The molecule has 3 aliphatic rings. The molecule has 3 aliphatic heterocycles. The Morgan fingerprint density at radius 3 is 2.54 bits per heavy atom. The molecule has 0 bridgehead atoms. The van der Waals surface area contributed by atoms with Crippen molar-refractivity contribution in [2.45, 2.75) is 44.9 Å². The molecule has 198 valence electrons. The smallest absolute Gasteiger partial charge is 0.256 e. The van der Waals surface area contributed by atoms with E-state index < -0.39 is 6.10 Å². The summed E-state index contributed by atoms with van der Waals surface area (Å²) in [6, 6.07) is 14.2. The number of hydrogen-bond donors (Lipinski definition) is 1. The summed E-state index contributed by atoms with van der Waals surface area (Å²) in [7, 11) is 1.99. The average molecular weight is 507 g/mol. The molecule has 2 aromatic rings. The van der Waals surface area contributed by atoms with Gasteiger partial charge in [-0.05, 0) is 29.7 Å². The molecule has 0 spiro atoms. The second-order valence-electron chi connectivity index (χ2n) is 10.6. The minimum Gasteiger partial charge on any atom is -0.490 e. The van der Waals surface area contributed by atoms with Gasteiger partial charge in [-0.3, -0.25) is 14.5 Å². The lowest BCUT2D eigenvalue weighted by Gasteiger charge is -2.32. The molecule has 5 rings (SSSR count). The lowest BCUT2D eigenvalue weighted by molar-refractivity contribution is -0.130. The Bertz CT molecular complexity index is 1130. The highest BCUT2D eigenvalue weighted by Gasteiger charge is 2.29. The molecule has 2 aromatic carbocycles. The van der Waals surface area contributed by atoms with Crippen LogP contribution in [0.2, 0.25) is 0 Å². The highest BCUT2D eigenvalue weighted by Crippen LogP contribution is 2.30. The van der Waals surface area contributed by atoms with Crippen molar-refractivity contribution in [2.75, 3.05) is 57.8 Å². The number of β-amino-alcohol motifs (C(OH)–C–C–N with tert-alkyl or cyclic N) is 1. The minimum absolute atomic E-state index is 0.0521. The largest absolute Gasteiger partial charge is 0.490 e. The van der Waals surface area contributed by atoms with Gasteiger partial charge in [0, 0.05) is 85.2 Å². The molecule has 1 N–H and O–H groups in total. The number of aliphatic hydroxyl groups is 1. The van der Waals surface area contributed by atoms with Crippen LogP contribution in [-0.4, -0.2) is 96.7 Å². The molecule has 0 aliphatic carbocycles. The van der Waals surface area contributed by atoms with Crippen LogP contribution < -0.4 is 9.64 Å². The zero-order valence-corrected chi connectivity index (χ0v) is 21.9. The Balaban J connectivity index is 1.20. The maximum atomic E-state index is 13.5. The molecular formula is C29H38N4O4. The van der Waals surface area contributed by atoms with Crippen molar-refractivity contribution in [3.8, 4) is 5.75 Å². The molecule has 8 nitrogen and oxygen atoms in total. The van der Waals surface area contributed by atoms with Gasteiger partial charge in [0.2, 0.25) is 5.91 Å². The van der Waals surface area contributed by atoms with Crippen LogP contribution in [0.4, 0.5) is 5.69 Å². The summed E-state index contributed by atoms with van der Waals surface area (Å²) in [6.45, 7) is 6.90. The Morgan fingerprint density at radius 1 is 1.03 bits per heavy atom. The van der Waals surface area contributed by atoms with Crippen LogP contribution in [0.1, 0.15) is 41.3 Å². The molecule has 1 unspecified atom stereocenters. The van der Waals surface area contributed by atoms with Crippen LogP contribution in [0, 0.1) is 0 Å². The number of anilines is 1. The maximum absolute atomic E-state index is 13.5. The van der Waals surface area contributed by atoms with Gasteiger partial charge < -0.3 is 24.5 Å². The number of carbonyl (C=O) groups excluding carboxylic acids is 2. The van der Waals surface area contributed by atoms with Crippen molar-refractivity contribution in [2.24, 2.45) is 0 Å². The predicted molar refractivity (Wildman–Crippen MR) is 143 cm³/mol. The first-order valence-electron chi connectivity index (χ1n) is 13.4. The molecule has 3 heterocycles. The predicted octanol–water partition coefficient (Wildman–Crippen LogP) is 2.39. The van der Waals surface area contributed by atoms with Crippen molar-refractivity contribution in [3.63, 3.8) is 0 Å². The molecule has 0 aromatic heterocycles. The molecule has 1 fully saturated rings. The van der Waals surface area contributed by atoms with Gasteiger partial charge in [-0.15, -0.1) is 0 Å². The Hall–Kier alpha value is -3.10. The maximum Gasteiger partial charge on any atom is 0.256 e. The topological polar surface area (TPSA) is 76.6 Å². The lowest BCUT2D eigenvalue weighted by Crippen LogP contribution is -2.44. The van der Waals surface area contributed by atoms with Crippen molar-refractivity contribution < 1.29 is 19.4 Å². The Morgan fingerprint density at radius 2 is 1.78 bits per heavy atom.